The molecule has 0 spiro atoms. The van der Waals surface area contributed by atoms with E-state index in [9.17, 15) is 9.18 Å². The second kappa shape index (κ2) is 6.63. The number of carbonyl (C=O) groups excluding carboxylic acids is 1. The molecule has 24 heavy (non-hydrogen) atoms. The van der Waals surface area contributed by atoms with Crippen molar-refractivity contribution in [2.24, 2.45) is 0 Å². The number of nitrogens with zero attached hydrogens (tertiary/aromatic N) is 2. The lowest BCUT2D eigenvalue weighted by Gasteiger charge is -2.09. The van der Waals surface area contributed by atoms with Crippen LogP contribution in [-0.2, 0) is 0 Å². The summed E-state index contributed by atoms with van der Waals surface area (Å²) in [6, 6.07) is 11.2. The molecule has 3 aromatic rings. The van der Waals surface area contributed by atoms with Crippen LogP contribution in [0.5, 0.6) is 0 Å². The predicted molar refractivity (Wildman–Crippen MR) is 92.7 cm³/mol. The number of amides is 1. The van der Waals surface area contributed by atoms with Crippen LogP contribution in [0.1, 0.15) is 16.1 Å². The zero-order valence-electron chi connectivity index (χ0n) is 12.6. The van der Waals surface area contributed by atoms with E-state index in [0.717, 1.165) is 0 Å². The first kappa shape index (κ1) is 16.5. The van der Waals surface area contributed by atoms with Crippen LogP contribution in [0.3, 0.4) is 0 Å². The highest BCUT2D eigenvalue weighted by Gasteiger charge is 2.18. The number of benzene rings is 2. The van der Waals surface area contributed by atoms with Gasteiger partial charge in [-0.3, -0.25) is 4.79 Å². The SMILES string of the molecule is Cc1c(C(=O)Nc2cccc(Cl)c2Cl)cnn1-c1ccccc1F. The molecule has 122 valence electrons. The molecule has 0 aliphatic carbocycles. The fraction of sp³-hybridized carbons (Fsp3) is 0.0588. The minimum atomic E-state index is -0.423. The lowest BCUT2D eigenvalue weighted by atomic mass is 10.2. The normalized spacial score (nSPS) is 10.7. The zero-order chi connectivity index (χ0) is 17.3. The second-order valence-corrected chi connectivity index (χ2v) is 5.85. The summed E-state index contributed by atoms with van der Waals surface area (Å²) < 4.78 is 15.3. The molecule has 1 heterocycles. The Hall–Kier alpha value is -2.37. The summed E-state index contributed by atoms with van der Waals surface area (Å²) in [5.41, 5.74) is 1.49. The van der Waals surface area contributed by atoms with Crippen molar-refractivity contribution in [1.82, 2.24) is 9.78 Å². The molecule has 0 aliphatic rings. The third kappa shape index (κ3) is 3.00. The third-order valence-corrected chi connectivity index (χ3v) is 4.35. The second-order valence-electron chi connectivity index (χ2n) is 5.06. The van der Waals surface area contributed by atoms with E-state index in [-0.39, 0.29) is 10.7 Å². The van der Waals surface area contributed by atoms with Gasteiger partial charge in [0, 0.05) is 0 Å². The standard InChI is InChI=1S/C17H12Cl2FN3O/c1-10-11(9-21-23(10)15-8-3-2-6-13(15)20)17(24)22-14-7-4-5-12(18)16(14)19/h2-9H,1H3,(H,22,24). The van der Waals surface area contributed by atoms with E-state index in [1.807, 2.05) is 0 Å². The van der Waals surface area contributed by atoms with Gasteiger partial charge in [0.15, 0.2) is 0 Å². The molecule has 1 aromatic heterocycles. The number of nitrogens with one attached hydrogen (secondary N) is 1. The third-order valence-electron chi connectivity index (χ3n) is 3.53. The van der Waals surface area contributed by atoms with E-state index in [2.05, 4.69) is 10.4 Å². The van der Waals surface area contributed by atoms with E-state index in [0.29, 0.717) is 22.0 Å². The fourth-order valence-corrected chi connectivity index (χ4v) is 2.64. The first-order valence-electron chi connectivity index (χ1n) is 7.04. The average molecular weight is 364 g/mol. The van der Waals surface area contributed by atoms with E-state index in [1.165, 1.54) is 16.9 Å². The summed E-state index contributed by atoms with van der Waals surface area (Å²) in [5, 5.41) is 7.39. The molecule has 2 aromatic carbocycles. The van der Waals surface area contributed by atoms with Crippen LogP contribution in [0.15, 0.2) is 48.7 Å². The molecule has 4 nitrogen and oxygen atoms in total. The minimum absolute atomic E-state index is 0.256. The van der Waals surface area contributed by atoms with Gasteiger partial charge in [0.25, 0.3) is 5.91 Å². The number of carbonyl (C=O) groups is 1. The quantitative estimate of drug-likeness (QED) is 0.720. The molecule has 0 bridgehead atoms. The van der Waals surface area contributed by atoms with Gasteiger partial charge in [-0.05, 0) is 31.2 Å². The van der Waals surface area contributed by atoms with Crippen LogP contribution in [0.2, 0.25) is 10.0 Å². The predicted octanol–water partition coefficient (Wildman–Crippen LogP) is 4.88. The first-order chi connectivity index (χ1) is 11.5. The van der Waals surface area contributed by atoms with Gasteiger partial charge in [0.1, 0.15) is 11.5 Å². The number of hydrogen-bond acceptors (Lipinski definition) is 2. The summed E-state index contributed by atoms with van der Waals surface area (Å²) in [7, 11) is 0. The minimum Gasteiger partial charge on any atom is -0.320 e. The molecule has 0 unspecified atom stereocenters. The molecule has 0 saturated heterocycles. The van der Waals surface area contributed by atoms with Gasteiger partial charge in [-0.25, -0.2) is 9.07 Å². The van der Waals surface area contributed by atoms with E-state index in [4.69, 9.17) is 23.2 Å². The Morgan fingerprint density at radius 3 is 2.67 bits per heavy atom. The van der Waals surface area contributed by atoms with Crippen molar-refractivity contribution in [3.8, 4) is 5.69 Å². The van der Waals surface area contributed by atoms with Crippen molar-refractivity contribution < 1.29 is 9.18 Å². The molecular formula is C17H12Cl2FN3O. The van der Waals surface area contributed by atoms with Gasteiger partial charge in [0.05, 0.1) is 33.2 Å². The molecule has 3 rings (SSSR count). The summed E-state index contributed by atoms with van der Waals surface area (Å²) in [5.74, 6) is -0.826. The maximum Gasteiger partial charge on any atom is 0.259 e. The van der Waals surface area contributed by atoms with Crippen molar-refractivity contribution in [1.29, 1.82) is 0 Å². The van der Waals surface area contributed by atoms with Gasteiger partial charge in [-0.1, -0.05) is 41.4 Å². The molecule has 0 fully saturated rings. The van der Waals surface area contributed by atoms with Gasteiger partial charge in [-0.15, -0.1) is 0 Å². The summed E-state index contributed by atoms with van der Waals surface area (Å²) in [4.78, 5) is 12.5. The van der Waals surface area contributed by atoms with Crippen molar-refractivity contribution in [3.05, 3.63) is 75.8 Å². The molecule has 1 amide bonds. The number of hydrogen-bond donors (Lipinski definition) is 1. The van der Waals surface area contributed by atoms with Crippen LogP contribution in [0.25, 0.3) is 5.69 Å². The van der Waals surface area contributed by atoms with Gasteiger partial charge in [-0.2, -0.15) is 5.10 Å². The average Bonchev–Trinajstić information content (AvgIpc) is 2.94. The summed E-state index contributed by atoms with van der Waals surface area (Å²) in [6.07, 6.45) is 1.38. The highest BCUT2D eigenvalue weighted by molar-refractivity contribution is 6.44. The molecular weight excluding hydrogens is 352 g/mol. The molecule has 0 aliphatic heterocycles. The maximum atomic E-state index is 13.9. The first-order valence-corrected chi connectivity index (χ1v) is 7.79. The number of para-hydroxylation sites is 1. The van der Waals surface area contributed by atoms with Crippen LogP contribution in [-0.4, -0.2) is 15.7 Å². The Labute approximate surface area is 147 Å². The van der Waals surface area contributed by atoms with Crippen molar-refractivity contribution in [2.45, 2.75) is 6.92 Å². The maximum absolute atomic E-state index is 13.9. The summed E-state index contributed by atoms with van der Waals surface area (Å²) >= 11 is 12.0. The van der Waals surface area contributed by atoms with Crippen molar-refractivity contribution in [2.75, 3.05) is 5.32 Å². The number of rotatable bonds is 3. The van der Waals surface area contributed by atoms with Crippen LogP contribution in [0.4, 0.5) is 10.1 Å². The Kier molecular flexibility index (Phi) is 4.55. The van der Waals surface area contributed by atoms with E-state index in [1.54, 1.807) is 43.3 Å². The molecule has 0 saturated carbocycles. The van der Waals surface area contributed by atoms with E-state index >= 15 is 0 Å². The summed E-state index contributed by atoms with van der Waals surface area (Å²) in [6.45, 7) is 1.69. The van der Waals surface area contributed by atoms with Crippen molar-refractivity contribution >= 4 is 34.8 Å². The Morgan fingerprint density at radius 2 is 1.92 bits per heavy atom. The van der Waals surface area contributed by atoms with Crippen LogP contribution in [0, 0.1) is 12.7 Å². The highest BCUT2D eigenvalue weighted by atomic mass is 35.5. The largest absolute Gasteiger partial charge is 0.320 e. The Balaban J connectivity index is 1.92. The lowest BCUT2D eigenvalue weighted by Crippen LogP contribution is -2.13. The lowest BCUT2D eigenvalue weighted by molar-refractivity contribution is 0.102. The van der Waals surface area contributed by atoms with Crippen LogP contribution >= 0.6 is 23.2 Å². The van der Waals surface area contributed by atoms with E-state index < -0.39 is 11.7 Å². The molecule has 1 N–H and O–H groups in total. The number of anilines is 1. The molecule has 0 atom stereocenters. The fourth-order valence-electron chi connectivity index (χ4n) is 2.29. The number of aromatic nitrogens is 2. The smallest absolute Gasteiger partial charge is 0.259 e. The van der Waals surface area contributed by atoms with Gasteiger partial charge >= 0.3 is 0 Å². The Bertz CT molecular complexity index is 924. The monoisotopic (exact) mass is 363 g/mol. The number of halogens is 3. The van der Waals surface area contributed by atoms with Crippen molar-refractivity contribution in [3.63, 3.8) is 0 Å². The highest BCUT2D eigenvalue weighted by Crippen LogP contribution is 2.30. The topological polar surface area (TPSA) is 46.9 Å². The molecule has 7 heteroatoms. The zero-order valence-corrected chi connectivity index (χ0v) is 14.1. The van der Waals surface area contributed by atoms with Gasteiger partial charge in [0.2, 0.25) is 0 Å². The Morgan fingerprint density at radius 1 is 1.17 bits per heavy atom. The van der Waals surface area contributed by atoms with Crippen LogP contribution < -0.4 is 5.32 Å². The van der Waals surface area contributed by atoms with Gasteiger partial charge < -0.3 is 5.32 Å². The molecule has 0 radical (unpaired) electrons.